The van der Waals surface area contributed by atoms with Gasteiger partial charge >= 0.3 is 12.4 Å². The molecule has 0 bridgehead atoms. The number of benzene rings is 2. The lowest BCUT2D eigenvalue weighted by atomic mass is 10.1. The van der Waals surface area contributed by atoms with E-state index in [1.165, 1.54) is 19.2 Å². The van der Waals surface area contributed by atoms with Crippen molar-refractivity contribution >= 4 is 5.71 Å². The lowest BCUT2D eigenvalue weighted by Gasteiger charge is -2.14. The summed E-state index contributed by atoms with van der Waals surface area (Å²) in [7, 11) is 1.24. The van der Waals surface area contributed by atoms with Crippen LogP contribution in [0.2, 0.25) is 0 Å². The van der Waals surface area contributed by atoms with E-state index in [0.717, 1.165) is 12.1 Å². The van der Waals surface area contributed by atoms with E-state index in [9.17, 15) is 30.7 Å². The Kier molecular flexibility index (Phi) is 6.65. The van der Waals surface area contributed by atoms with Gasteiger partial charge in [-0.05, 0) is 35.9 Å². The van der Waals surface area contributed by atoms with Crippen molar-refractivity contribution in [3.8, 4) is 0 Å². The Morgan fingerprint density at radius 3 is 1.89 bits per heavy atom. The van der Waals surface area contributed by atoms with Crippen LogP contribution in [-0.4, -0.2) is 19.4 Å². The number of hydrogen-bond acceptors (Lipinski definition) is 3. The molecule has 3 nitrogen and oxygen atoms in total. The molecule has 0 aliphatic heterocycles. The summed E-state index contributed by atoms with van der Waals surface area (Å²) in [5.74, 6) is -0.495. The fourth-order valence-corrected chi connectivity index (χ4v) is 2.28. The fourth-order valence-electron chi connectivity index (χ4n) is 2.28. The Bertz CT molecular complexity index is 795. The molecule has 0 aromatic heterocycles. The number of hydrogen-bond donors (Lipinski definition) is 0. The van der Waals surface area contributed by atoms with Gasteiger partial charge < -0.3 is 9.57 Å². The van der Waals surface area contributed by atoms with Gasteiger partial charge in [0.15, 0.2) is 0 Å². The number of ether oxygens (including phenoxy) is 1. The largest absolute Gasteiger partial charge is 0.416 e. The van der Waals surface area contributed by atoms with Gasteiger partial charge in [0.25, 0.3) is 0 Å². The van der Waals surface area contributed by atoms with Gasteiger partial charge in [0, 0.05) is 5.56 Å². The van der Waals surface area contributed by atoms with Crippen LogP contribution < -0.4 is 0 Å². The minimum Gasteiger partial charge on any atom is -0.399 e. The van der Waals surface area contributed by atoms with Gasteiger partial charge in [-0.3, -0.25) is 0 Å². The SMILES string of the molecule is CON=C(COCc1cc(C(F)(F)F)cc(C(F)(F)F)c1)c1ccc(F)cc1. The van der Waals surface area contributed by atoms with Gasteiger partial charge in [0.05, 0.1) is 24.3 Å². The van der Waals surface area contributed by atoms with Crippen molar-refractivity contribution in [1.82, 2.24) is 0 Å². The Hall–Kier alpha value is -2.62. The van der Waals surface area contributed by atoms with Crippen molar-refractivity contribution in [3.05, 3.63) is 70.5 Å². The van der Waals surface area contributed by atoms with Crippen molar-refractivity contribution < 1.29 is 40.3 Å². The number of oxime groups is 1. The molecule has 2 aromatic rings. The zero-order chi connectivity index (χ0) is 20.9. The summed E-state index contributed by atoms with van der Waals surface area (Å²) in [6.45, 7) is -0.812. The van der Waals surface area contributed by atoms with Gasteiger partial charge in [0.1, 0.15) is 18.6 Å². The molecule has 0 N–H and O–H groups in total. The first-order valence-electron chi connectivity index (χ1n) is 7.73. The molecule has 2 rings (SSSR count). The molecule has 0 saturated carbocycles. The summed E-state index contributed by atoms with van der Waals surface area (Å²) >= 11 is 0. The van der Waals surface area contributed by atoms with Crippen molar-refractivity contribution in [2.75, 3.05) is 13.7 Å². The molecule has 0 radical (unpaired) electrons. The zero-order valence-electron chi connectivity index (χ0n) is 14.4. The van der Waals surface area contributed by atoms with Crippen LogP contribution in [0.4, 0.5) is 30.7 Å². The second kappa shape index (κ2) is 8.59. The fraction of sp³-hybridized carbons (Fsp3) is 0.278. The first-order valence-corrected chi connectivity index (χ1v) is 7.73. The molecule has 10 heteroatoms. The highest BCUT2D eigenvalue weighted by Crippen LogP contribution is 2.36. The zero-order valence-corrected chi connectivity index (χ0v) is 14.4. The van der Waals surface area contributed by atoms with E-state index < -0.39 is 35.9 Å². The molecule has 0 spiro atoms. The van der Waals surface area contributed by atoms with E-state index >= 15 is 0 Å². The summed E-state index contributed by atoms with van der Waals surface area (Å²) in [5, 5.41) is 3.68. The van der Waals surface area contributed by atoms with E-state index in [2.05, 4.69) is 9.99 Å². The number of nitrogens with zero attached hydrogens (tertiary/aromatic N) is 1. The van der Waals surface area contributed by atoms with E-state index in [-0.39, 0.29) is 23.9 Å². The quantitative estimate of drug-likeness (QED) is 0.362. The van der Waals surface area contributed by atoms with E-state index in [4.69, 9.17) is 4.74 Å². The van der Waals surface area contributed by atoms with Crippen LogP contribution in [0, 0.1) is 5.82 Å². The molecule has 152 valence electrons. The second-order valence-corrected chi connectivity index (χ2v) is 5.63. The molecule has 0 amide bonds. The molecule has 28 heavy (non-hydrogen) atoms. The summed E-state index contributed by atoms with van der Waals surface area (Å²) < 4.78 is 95.4. The van der Waals surface area contributed by atoms with Gasteiger partial charge in [-0.1, -0.05) is 17.3 Å². The Morgan fingerprint density at radius 2 is 1.43 bits per heavy atom. The van der Waals surface area contributed by atoms with Crippen LogP contribution in [0.25, 0.3) is 0 Å². The molecular formula is C18H14F7NO2. The molecule has 0 fully saturated rings. The van der Waals surface area contributed by atoms with Crippen LogP contribution in [0.1, 0.15) is 22.3 Å². The second-order valence-electron chi connectivity index (χ2n) is 5.63. The van der Waals surface area contributed by atoms with Crippen LogP contribution in [-0.2, 0) is 28.5 Å². The molecule has 0 aliphatic rings. The Balaban J connectivity index is 2.18. The van der Waals surface area contributed by atoms with Crippen LogP contribution in [0.15, 0.2) is 47.6 Å². The van der Waals surface area contributed by atoms with Crippen LogP contribution in [0.3, 0.4) is 0 Å². The maximum atomic E-state index is 13.0. The van der Waals surface area contributed by atoms with Crippen molar-refractivity contribution in [3.63, 3.8) is 0 Å². The maximum Gasteiger partial charge on any atom is 0.416 e. The van der Waals surface area contributed by atoms with E-state index in [1.807, 2.05) is 0 Å². The number of rotatable bonds is 6. The molecule has 0 atom stereocenters. The van der Waals surface area contributed by atoms with Gasteiger partial charge in [-0.2, -0.15) is 26.3 Å². The lowest BCUT2D eigenvalue weighted by molar-refractivity contribution is -0.143. The summed E-state index contributed by atoms with van der Waals surface area (Å²) in [4.78, 5) is 4.64. The molecule has 0 saturated heterocycles. The molecule has 0 unspecified atom stereocenters. The first kappa shape index (κ1) is 21.7. The number of halogens is 7. The van der Waals surface area contributed by atoms with Gasteiger partial charge in [-0.25, -0.2) is 4.39 Å². The monoisotopic (exact) mass is 409 g/mol. The summed E-state index contributed by atoms with van der Waals surface area (Å²) in [5.41, 5.74) is -2.55. The molecule has 2 aromatic carbocycles. The van der Waals surface area contributed by atoms with Crippen molar-refractivity contribution in [2.45, 2.75) is 19.0 Å². The minimum absolute atomic E-state index is 0.0415. The highest BCUT2D eigenvalue weighted by atomic mass is 19.4. The van der Waals surface area contributed by atoms with E-state index in [0.29, 0.717) is 17.7 Å². The third-order valence-electron chi connectivity index (χ3n) is 3.53. The Morgan fingerprint density at radius 1 is 0.893 bits per heavy atom. The average Bonchev–Trinajstić information content (AvgIpc) is 2.60. The lowest BCUT2D eigenvalue weighted by Crippen LogP contribution is -2.14. The average molecular weight is 409 g/mol. The summed E-state index contributed by atoms with van der Waals surface area (Å²) in [6, 6.07) is 6.28. The van der Waals surface area contributed by atoms with Gasteiger partial charge in [0.2, 0.25) is 0 Å². The highest BCUT2D eigenvalue weighted by Gasteiger charge is 2.36. The predicted molar refractivity (Wildman–Crippen MR) is 86.0 cm³/mol. The smallest absolute Gasteiger partial charge is 0.399 e. The topological polar surface area (TPSA) is 30.8 Å². The van der Waals surface area contributed by atoms with Crippen LogP contribution >= 0.6 is 0 Å². The third kappa shape index (κ3) is 5.95. The van der Waals surface area contributed by atoms with Crippen molar-refractivity contribution in [1.29, 1.82) is 0 Å². The normalized spacial score (nSPS) is 12.9. The minimum atomic E-state index is -4.94. The first-order chi connectivity index (χ1) is 13.0. The van der Waals surface area contributed by atoms with E-state index in [1.54, 1.807) is 0 Å². The van der Waals surface area contributed by atoms with Gasteiger partial charge in [-0.15, -0.1) is 0 Å². The maximum absolute atomic E-state index is 13.0. The predicted octanol–water partition coefficient (Wildman–Crippen LogP) is 5.43. The standard InChI is InChI=1S/C18H14F7NO2/c1-27-26-16(12-2-4-15(19)5-3-12)10-28-9-11-6-13(17(20,21)22)8-14(7-11)18(23,24)25/h2-8H,9-10H2,1H3. The number of alkyl halides is 6. The third-order valence-corrected chi connectivity index (χ3v) is 3.53. The van der Waals surface area contributed by atoms with Crippen molar-refractivity contribution in [2.24, 2.45) is 5.16 Å². The molecule has 0 aliphatic carbocycles. The molecular weight excluding hydrogens is 395 g/mol. The molecule has 0 heterocycles. The summed E-state index contributed by atoms with van der Waals surface area (Å²) in [6.07, 6.45) is -9.88. The van der Waals surface area contributed by atoms with Crippen LogP contribution in [0.5, 0.6) is 0 Å². The highest BCUT2D eigenvalue weighted by molar-refractivity contribution is 6.01. The Labute approximate surface area is 155 Å².